The molecule has 1 heterocycles. The van der Waals surface area contributed by atoms with Crippen LogP contribution in [0, 0.1) is 0 Å². The molecule has 134 valence electrons. The molecule has 25 heavy (non-hydrogen) atoms. The van der Waals surface area contributed by atoms with Gasteiger partial charge in [-0.25, -0.2) is 8.42 Å². The second kappa shape index (κ2) is 8.47. The maximum absolute atomic E-state index is 12.7. The molecule has 1 fully saturated rings. The number of benzene rings is 2. The Labute approximate surface area is 154 Å². The molecule has 0 bridgehead atoms. The molecular weight excluding hydrogens is 360 g/mol. The van der Waals surface area contributed by atoms with E-state index < -0.39 is 9.84 Å². The molecule has 2 aromatic carbocycles. The quantitative estimate of drug-likeness (QED) is 0.882. The van der Waals surface area contributed by atoms with Crippen LogP contribution in [-0.2, 0) is 15.6 Å². The van der Waals surface area contributed by atoms with E-state index in [9.17, 15) is 13.2 Å². The summed E-state index contributed by atoms with van der Waals surface area (Å²) < 4.78 is 25.2. The fraction of sp³-hybridized carbons (Fsp3) is 0.278. The van der Waals surface area contributed by atoms with E-state index in [0.29, 0.717) is 24.2 Å². The van der Waals surface area contributed by atoms with E-state index >= 15 is 0 Å². The first-order valence-electron chi connectivity index (χ1n) is 7.94. The van der Waals surface area contributed by atoms with Crippen molar-refractivity contribution in [2.24, 2.45) is 0 Å². The van der Waals surface area contributed by atoms with Crippen molar-refractivity contribution in [3.8, 4) is 0 Å². The van der Waals surface area contributed by atoms with E-state index in [1.54, 1.807) is 59.5 Å². The molecule has 0 radical (unpaired) electrons. The van der Waals surface area contributed by atoms with E-state index in [4.69, 9.17) is 0 Å². The first-order valence-corrected chi connectivity index (χ1v) is 9.59. The van der Waals surface area contributed by atoms with Crippen LogP contribution in [0.3, 0.4) is 0 Å². The van der Waals surface area contributed by atoms with Crippen molar-refractivity contribution in [1.29, 1.82) is 0 Å². The van der Waals surface area contributed by atoms with Crippen LogP contribution in [0.25, 0.3) is 0 Å². The molecule has 5 nitrogen and oxygen atoms in total. The lowest BCUT2D eigenvalue weighted by molar-refractivity contribution is 0.0735. The van der Waals surface area contributed by atoms with Crippen LogP contribution < -0.4 is 5.32 Å². The number of halogens is 1. The molecule has 0 aliphatic carbocycles. The number of hydrogen-bond acceptors (Lipinski definition) is 4. The highest BCUT2D eigenvalue weighted by Crippen LogP contribution is 2.20. The monoisotopic (exact) mass is 380 g/mol. The van der Waals surface area contributed by atoms with Gasteiger partial charge in [-0.1, -0.05) is 36.4 Å². The number of nitrogens with one attached hydrogen (secondary N) is 1. The zero-order chi connectivity index (χ0) is 17.0. The second-order valence-corrected chi connectivity index (χ2v) is 7.76. The minimum atomic E-state index is -3.48. The van der Waals surface area contributed by atoms with Crippen molar-refractivity contribution in [3.63, 3.8) is 0 Å². The van der Waals surface area contributed by atoms with Gasteiger partial charge < -0.3 is 10.2 Å². The molecule has 0 spiro atoms. The van der Waals surface area contributed by atoms with Crippen LogP contribution in [-0.4, -0.2) is 45.4 Å². The lowest BCUT2D eigenvalue weighted by Crippen LogP contribution is -2.46. The summed E-state index contributed by atoms with van der Waals surface area (Å²) in [7, 11) is -3.48. The number of rotatable bonds is 4. The van der Waals surface area contributed by atoms with Gasteiger partial charge in [0, 0.05) is 31.7 Å². The zero-order valence-corrected chi connectivity index (χ0v) is 15.4. The van der Waals surface area contributed by atoms with E-state index in [1.165, 1.54) is 0 Å². The molecule has 2 aromatic rings. The standard InChI is InChI=1S/C18H20N2O3S.ClH/c21-18(20-12-10-19-11-13-20)17-9-5-4-6-15(17)14-24(22,23)16-7-2-1-3-8-16;/h1-9,19H,10-14H2;1H. The summed E-state index contributed by atoms with van der Waals surface area (Å²) in [6.45, 7) is 2.80. The molecule has 0 aromatic heterocycles. The highest BCUT2D eigenvalue weighted by Gasteiger charge is 2.23. The average molecular weight is 381 g/mol. The third kappa shape index (κ3) is 4.60. The third-order valence-corrected chi connectivity index (χ3v) is 5.78. The summed E-state index contributed by atoms with van der Waals surface area (Å²) in [4.78, 5) is 14.8. The van der Waals surface area contributed by atoms with Crippen LogP contribution in [0.15, 0.2) is 59.5 Å². The maximum Gasteiger partial charge on any atom is 0.254 e. The van der Waals surface area contributed by atoms with Crippen LogP contribution in [0.5, 0.6) is 0 Å². The number of carbonyl (C=O) groups excluding carboxylic acids is 1. The number of hydrogen-bond donors (Lipinski definition) is 1. The van der Waals surface area contributed by atoms with Crippen molar-refractivity contribution in [2.75, 3.05) is 26.2 Å². The van der Waals surface area contributed by atoms with E-state index in [2.05, 4.69) is 5.32 Å². The van der Waals surface area contributed by atoms with Gasteiger partial charge in [0.25, 0.3) is 5.91 Å². The number of nitrogens with zero attached hydrogens (tertiary/aromatic N) is 1. The number of sulfone groups is 1. The van der Waals surface area contributed by atoms with Crippen molar-refractivity contribution < 1.29 is 13.2 Å². The Bertz CT molecular complexity index is 819. The van der Waals surface area contributed by atoms with Crippen LogP contribution in [0.2, 0.25) is 0 Å². The summed E-state index contributed by atoms with van der Waals surface area (Å²) in [6.07, 6.45) is 0. The molecule has 3 rings (SSSR count). The lowest BCUT2D eigenvalue weighted by atomic mass is 10.1. The van der Waals surface area contributed by atoms with Gasteiger partial charge in [0.2, 0.25) is 0 Å². The summed E-state index contributed by atoms with van der Waals surface area (Å²) in [5, 5.41) is 3.21. The Morgan fingerprint density at radius 1 is 0.960 bits per heavy atom. The van der Waals surface area contributed by atoms with E-state index in [1.807, 2.05) is 0 Å². The largest absolute Gasteiger partial charge is 0.336 e. The molecular formula is C18H21ClN2O3S. The van der Waals surface area contributed by atoms with E-state index in [0.717, 1.165) is 13.1 Å². The van der Waals surface area contributed by atoms with Gasteiger partial charge >= 0.3 is 0 Å². The van der Waals surface area contributed by atoms with Gasteiger partial charge in [0.15, 0.2) is 9.84 Å². The number of piperazine rings is 1. The normalized spacial score (nSPS) is 14.6. The smallest absolute Gasteiger partial charge is 0.254 e. The topological polar surface area (TPSA) is 66.5 Å². The molecule has 1 aliphatic rings. The van der Waals surface area contributed by atoms with E-state index in [-0.39, 0.29) is 29.0 Å². The minimum Gasteiger partial charge on any atom is -0.336 e. The summed E-state index contributed by atoms with van der Waals surface area (Å²) in [6, 6.07) is 15.3. The fourth-order valence-electron chi connectivity index (χ4n) is 2.81. The molecule has 0 saturated carbocycles. The lowest BCUT2D eigenvalue weighted by Gasteiger charge is -2.28. The summed E-state index contributed by atoms with van der Waals surface area (Å²) in [5.74, 6) is -0.277. The molecule has 1 aliphatic heterocycles. The van der Waals surface area contributed by atoms with Gasteiger partial charge in [-0.3, -0.25) is 4.79 Å². The Kier molecular flexibility index (Phi) is 6.58. The number of amides is 1. The maximum atomic E-state index is 12.7. The van der Waals surface area contributed by atoms with Crippen LogP contribution in [0.1, 0.15) is 15.9 Å². The summed E-state index contributed by atoms with van der Waals surface area (Å²) in [5.41, 5.74) is 1.02. The third-order valence-electron chi connectivity index (χ3n) is 4.10. The van der Waals surface area contributed by atoms with Crippen molar-refractivity contribution in [2.45, 2.75) is 10.6 Å². The Morgan fingerprint density at radius 3 is 2.24 bits per heavy atom. The molecule has 0 unspecified atom stereocenters. The Morgan fingerprint density at radius 2 is 1.56 bits per heavy atom. The van der Waals surface area contributed by atoms with Crippen molar-refractivity contribution >= 4 is 28.2 Å². The van der Waals surface area contributed by atoms with Crippen molar-refractivity contribution in [3.05, 3.63) is 65.7 Å². The first-order chi connectivity index (χ1) is 11.6. The average Bonchev–Trinajstić information content (AvgIpc) is 2.63. The summed E-state index contributed by atoms with van der Waals surface area (Å²) >= 11 is 0. The van der Waals surface area contributed by atoms with Gasteiger partial charge in [-0.15, -0.1) is 12.4 Å². The van der Waals surface area contributed by atoms with Crippen LogP contribution >= 0.6 is 12.4 Å². The second-order valence-electron chi connectivity index (χ2n) is 5.77. The van der Waals surface area contributed by atoms with Crippen LogP contribution in [0.4, 0.5) is 0 Å². The SMILES string of the molecule is Cl.O=C(c1ccccc1CS(=O)(=O)c1ccccc1)N1CCNCC1. The predicted octanol–water partition coefficient (Wildman–Crippen LogP) is 2.13. The minimum absolute atomic E-state index is 0. The van der Waals surface area contributed by atoms with Gasteiger partial charge in [-0.05, 0) is 23.8 Å². The number of carbonyl (C=O) groups is 1. The van der Waals surface area contributed by atoms with Gasteiger partial charge in [-0.2, -0.15) is 0 Å². The Balaban J connectivity index is 0.00000225. The highest BCUT2D eigenvalue weighted by molar-refractivity contribution is 7.90. The molecule has 1 N–H and O–H groups in total. The molecule has 7 heteroatoms. The highest BCUT2D eigenvalue weighted by atomic mass is 35.5. The zero-order valence-electron chi connectivity index (χ0n) is 13.7. The first kappa shape index (κ1) is 19.4. The van der Waals surface area contributed by atoms with Gasteiger partial charge in [0.1, 0.15) is 0 Å². The molecule has 0 atom stereocenters. The fourth-order valence-corrected chi connectivity index (χ4v) is 4.21. The Hall–Kier alpha value is -1.89. The molecule has 1 amide bonds. The van der Waals surface area contributed by atoms with Gasteiger partial charge in [0.05, 0.1) is 10.6 Å². The predicted molar refractivity (Wildman–Crippen MR) is 99.8 cm³/mol. The van der Waals surface area contributed by atoms with Crippen molar-refractivity contribution in [1.82, 2.24) is 10.2 Å². The molecule has 1 saturated heterocycles.